The van der Waals surface area contributed by atoms with Gasteiger partial charge in [-0.05, 0) is 105 Å². The van der Waals surface area contributed by atoms with Gasteiger partial charge in [0.15, 0.2) is 0 Å². The van der Waals surface area contributed by atoms with Gasteiger partial charge in [-0.3, -0.25) is 4.99 Å². The molecule has 0 spiro atoms. The van der Waals surface area contributed by atoms with Crippen molar-refractivity contribution in [2.75, 3.05) is 6.54 Å². The second kappa shape index (κ2) is 7.32. The quantitative estimate of drug-likeness (QED) is 0.526. The summed E-state index contributed by atoms with van der Waals surface area (Å²) in [5.41, 5.74) is 7.93. The molecule has 2 N–H and O–H groups in total. The molecule has 5 saturated carbocycles. The van der Waals surface area contributed by atoms with Gasteiger partial charge in [-0.2, -0.15) is 0 Å². The zero-order valence-electron chi connectivity index (χ0n) is 17.0. The molecule has 0 aliphatic heterocycles. The van der Waals surface area contributed by atoms with Crippen molar-refractivity contribution < 1.29 is 0 Å². The number of nitrogens with zero attached hydrogens (tertiary/aromatic N) is 1. The van der Waals surface area contributed by atoms with Crippen LogP contribution >= 0.6 is 12.2 Å². The molecule has 6 rings (SSSR count). The Morgan fingerprint density at radius 3 is 2.36 bits per heavy atom. The van der Waals surface area contributed by atoms with E-state index in [0.717, 1.165) is 29.3 Å². The topological polar surface area (TPSA) is 38.4 Å². The summed E-state index contributed by atoms with van der Waals surface area (Å²) in [5.74, 6) is 3.02. The first-order valence-corrected chi connectivity index (χ1v) is 11.9. The Morgan fingerprint density at radius 1 is 1.04 bits per heavy atom. The van der Waals surface area contributed by atoms with E-state index < -0.39 is 0 Å². The Bertz CT molecular complexity index is 733. The van der Waals surface area contributed by atoms with Crippen molar-refractivity contribution >= 4 is 23.4 Å². The van der Waals surface area contributed by atoms with Crippen molar-refractivity contribution in [1.82, 2.24) is 0 Å². The monoisotopic (exact) mass is 394 g/mol. The van der Waals surface area contributed by atoms with Crippen molar-refractivity contribution in [3.63, 3.8) is 0 Å². The van der Waals surface area contributed by atoms with Crippen molar-refractivity contribution in [3.8, 4) is 0 Å². The van der Waals surface area contributed by atoms with Crippen LogP contribution in [0, 0.1) is 29.1 Å². The molecule has 4 bridgehead atoms. The third-order valence-electron chi connectivity index (χ3n) is 8.53. The smallest absolute Gasteiger partial charge is 0.109 e. The molecule has 5 fully saturated rings. The molecule has 2 unspecified atom stereocenters. The van der Waals surface area contributed by atoms with Gasteiger partial charge in [0.2, 0.25) is 0 Å². The van der Waals surface area contributed by atoms with Crippen LogP contribution in [0.5, 0.6) is 0 Å². The number of hydrogen-bond donors (Lipinski definition) is 1. The number of benzene rings is 1. The molecule has 0 heterocycles. The fourth-order valence-electron chi connectivity index (χ4n) is 7.53. The molecule has 1 aromatic rings. The second-order valence-corrected chi connectivity index (χ2v) is 10.9. The molecular formula is C25H34N2S. The SMILES string of the molecule is NCC1CCC(/C=N/C(=S)C23CC4CC(C2)CC(c2ccccc2)(C4)C3)CC1. The van der Waals surface area contributed by atoms with Crippen LogP contribution in [0.1, 0.15) is 69.8 Å². The van der Waals surface area contributed by atoms with Crippen molar-refractivity contribution in [1.29, 1.82) is 0 Å². The molecule has 150 valence electrons. The van der Waals surface area contributed by atoms with E-state index in [9.17, 15) is 0 Å². The van der Waals surface area contributed by atoms with Crippen molar-refractivity contribution in [2.45, 2.75) is 69.6 Å². The maximum Gasteiger partial charge on any atom is 0.109 e. The maximum atomic E-state index is 6.04. The van der Waals surface area contributed by atoms with Crippen LogP contribution in [0.15, 0.2) is 35.3 Å². The Kier molecular flexibility index (Phi) is 4.95. The first kappa shape index (κ1) is 18.9. The highest BCUT2D eigenvalue weighted by Crippen LogP contribution is 2.66. The van der Waals surface area contributed by atoms with Gasteiger partial charge in [0.05, 0.1) is 0 Å². The zero-order valence-corrected chi connectivity index (χ0v) is 17.8. The van der Waals surface area contributed by atoms with Gasteiger partial charge in [0, 0.05) is 11.6 Å². The van der Waals surface area contributed by atoms with Crippen LogP contribution in [0.25, 0.3) is 0 Å². The predicted molar refractivity (Wildman–Crippen MR) is 121 cm³/mol. The third kappa shape index (κ3) is 3.29. The lowest BCUT2D eigenvalue weighted by Crippen LogP contribution is -2.56. The summed E-state index contributed by atoms with van der Waals surface area (Å²) in [6, 6.07) is 11.3. The first-order valence-electron chi connectivity index (χ1n) is 11.5. The van der Waals surface area contributed by atoms with Gasteiger partial charge in [-0.25, -0.2) is 0 Å². The minimum atomic E-state index is 0.181. The predicted octanol–water partition coefficient (Wildman–Crippen LogP) is 5.69. The Balaban J connectivity index is 1.35. The Labute approximate surface area is 175 Å². The minimum Gasteiger partial charge on any atom is -0.330 e. The fraction of sp³-hybridized carbons (Fsp3) is 0.680. The molecule has 0 amide bonds. The molecular weight excluding hydrogens is 360 g/mol. The first-order chi connectivity index (χ1) is 13.6. The molecule has 3 heteroatoms. The number of rotatable bonds is 4. The molecule has 0 saturated heterocycles. The highest BCUT2D eigenvalue weighted by Gasteiger charge is 2.59. The third-order valence-corrected chi connectivity index (χ3v) is 9.07. The summed E-state index contributed by atoms with van der Waals surface area (Å²) in [5, 5.41) is 0. The maximum absolute atomic E-state index is 6.04. The average molecular weight is 395 g/mol. The Morgan fingerprint density at radius 2 is 1.71 bits per heavy atom. The molecule has 2 nitrogen and oxygen atoms in total. The van der Waals surface area contributed by atoms with E-state index in [4.69, 9.17) is 22.9 Å². The largest absolute Gasteiger partial charge is 0.330 e. The molecule has 28 heavy (non-hydrogen) atoms. The number of hydrogen-bond acceptors (Lipinski definition) is 2. The summed E-state index contributed by atoms with van der Waals surface area (Å²) >= 11 is 6.04. The summed E-state index contributed by atoms with van der Waals surface area (Å²) in [4.78, 5) is 6.02. The highest BCUT2D eigenvalue weighted by molar-refractivity contribution is 7.80. The molecule has 0 radical (unpaired) electrons. The van der Waals surface area contributed by atoms with Crippen molar-refractivity contribution in [2.24, 2.45) is 39.8 Å². The van der Waals surface area contributed by atoms with Gasteiger partial charge >= 0.3 is 0 Å². The minimum absolute atomic E-state index is 0.181. The van der Waals surface area contributed by atoms with Crippen LogP contribution in [0.4, 0.5) is 0 Å². The van der Waals surface area contributed by atoms with Crippen LogP contribution in [0.2, 0.25) is 0 Å². The van der Waals surface area contributed by atoms with Crippen LogP contribution in [-0.4, -0.2) is 17.7 Å². The highest BCUT2D eigenvalue weighted by atomic mass is 32.1. The van der Waals surface area contributed by atoms with Crippen LogP contribution in [-0.2, 0) is 5.41 Å². The summed E-state index contributed by atoms with van der Waals surface area (Å²) in [6.07, 6.45) is 15.2. The van der Waals surface area contributed by atoms with Gasteiger partial charge < -0.3 is 5.73 Å². The van der Waals surface area contributed by atoms with E-state index in [1.807, 2.05) is 0 Å². The molecule has 1 aromatic carbocycles. The molecule has 5 aliphatic rings. The molecule has 0 aromatic heterocycles. The summed E-state index contributed by atoms with van der Waals surface area (Å²) in [7, 11) is 0. The standard InChI is InChI=1S/C25H34N2S/c26-15-18-6-8-19(9-7-18)16-27-23(28)25-13-20-10-21(14-25)12-24(11-20,17-25)22-4-2-1-3-5-22/h1-5,16,18-21H,6-15,17,26H2/b27-16+. The number of aliphatic imine (C=N–C) groups is 1. The lowest BCUT2D eigenvalue weighted by atomic mass is 9.43. The molecule has 2 atom stereocenters. The van der Waals surface area contributed by atoms with Gasteiger partial charge in [-0.1, -0.05) is 42.5 Å². The van der Waals surface area contributed by atoms with E-state index in [1.54, 1.807) is 5.56 Å². The van der Waals surface area contributed by atoms with Gasteiger partial charge in [0.1, 0.15) is 4.99 Å². The summed E-state index contributed by atoms with van der Waals surface area (Å²) < 4.78 is 0. The van der Waals surface area contributed by atoms with Crippen LogP contribution in [0.3, 0.4) is 0 Å². The Hall–Kier alpha value is -1.06. The van der Waals surface area contributed by atoms with E-state index in [-0.39, 0.29) is 5.41 Å². The normalized spacial score (nSPS) is 42.2. The van der Waals surface area contributed by atoms with Crippen LogP contribution < -0.4 is 5.73 Å². The van der Waals surface area contributed by atoms with Gasteiger partial charge in [-0.15, -0.1) is 0 Å². The summed E-state index contributed by atoms with van der Waals surface area (Å²) in [6.45, 7) is 0.843. The van der Waals surface area contributed by atoms with E-state index in [0.29, 0.717) is 11.3 Å². The number of thiocarbonyl (C=S) groups is 1. The number of nitrogens with two attached hydrogens (primary N) is 1. The fourth-order valence-corrected chi connectivity index (χ4v) is 7.82. The lowest BCUT2D eigenvalue weighted by Gasteiger charge is -2.62. The second-order valence-electron chi connectivity index (χ2n) is 10.5. The van der Waals surface area contributed by atoms with Gasteiger partial charge in [0.25, 0.3) is 0 Å². The van der Waals surface area contributed by atoms with E-state index >= 15 is 0 Å². The average Bonchev–Trinajstić information content (AvgIpc) is 2.72. The van der Waals surface area contributed by atoms with E-state index in [1.165, 1.54) is 64.2 Å². The van der Waals surface area contributed by atoms with E-state index in [2.05, 4.69) is 36.5 Å². The molecule has 5 aliphatic carbocycles. The lowest BCUT2D eigenvalue weighted by molar-refractivity contribution is -0.0342. The van der Waals surface area contributed by atoms with Crippen molar-refractivity contribution in [3.05, 3.63) is 35.9 Å². The zero-order chi connectivity index (χ0) is 19.2.